The monoisotopic (exact) mass is 234 g/mol. The SMILES string of the molecule is CC(C)c1ccnc(N2CC[C@@H](N(C)C)C2)n1. The van der Waals surface area contributed by atoms with E-state index in [1.807, 2.05) is 12.3 Å². The van der Waals surface area contributed by atoms with E-state index in [2.05, 4.69) is 47.7 Å². The molecule has 94 valence electrons. The number of likely N-dealkylation sites (N-methyl/N-ethyl adjacent to an activating group) is 1. The van der Waals surface area contributed by atoms with Crippen molar-refractivity contribution in [3.05, 3.63) is 18.0 Å². The summed E-state index contributed by atoms with van der Waals surface area (Å²) in [7, 11) is 4.28. The Balaban J connectivity index is 2.11. The zero-order valence-electron chi connectivity index (χ0n) is 11.2. The predicted molar refractivity (Wildman–Crippen MR) is 70.4 cm³/mol. The molecule has 1 aliphatic rings. The molecule has 0 bridgehead atoms. The van der Waals surface area contributed by atoms with Crippen molar-refractivity contribution in [2.75, 3.05) is 32.1 Å². The largest absolute Gasteiger partial charge is 0.339 e. The van der Waals surface area contributed by atoms with E-state index in [0.717, 1.165) is 24.7 Å². The first-order valence-electron chi connectivity index (χ1n) is 6.32. The first-order chi connectivity index (χ1) is 8.08. The Labute approximate surface area is 104 Å². The van der Waals surface area contributed by atoms with Crippen LogP contribution in [0.2, 0.25) is 0 Å². The number of nitrogens with zero attached hydrogens (tertiary/aromatic N) is 4. The van der Waals surface area contributed by atoms with Gasteiger partial charge in [0.25, 0.3) is 0 Å². The molecule has 1 aliphatic heterocycles. The Kier molecular flexibility index (Phi) is 3.62. The second kappa shape index (κ2) is 5.00. The van der Waals surface area contributed by atoms with Crippen LogP contribution in [0.3, 0.4) is 0 Å². The minimum Gasteiger partial charge on any atom is -0.339 e. The lowest BCUT2D eigenvalue weighted by Gasteiger charge is -2.20. The molecule has 1 aromatic heterocycles. The lowest BCUT2D eigenvalue weighted by atomic mass is 10.1. The van der Waals surface area contributed by atoms with Gasteiger partial charge >= 0.3 is 0 Å². The number of anilines is 1. The maximum atomic E-state index is 4.64. The van der Waals surface area contributed by atoms with Gasteiger partial charge in [0.2, 0.25) is 5.95 Å². The Morgan fingerprint density at radius 1 is 1.41 bits per heavy atom. The van der Waals surface area contributed by atoms with Crippen LogP contribution in [-0.2, 0) is 0 Å². The molecule has 0 amide bonds. The second-order valence-electron chi connectivity index (χ2n) is 5.29. The van der Waals surface area contributed by atoms with Crippen LogP contribution in [0.1, 0.15) is 31.9 Å². The van der Waals surface area contributed by atoms with Gasteiger partial charge in [-0.25, -0.2) is 9.97 Å². The van der Waals surface area contributed by atoms with Crippen LogP contribution in [0, 0.1) is 0 Å². The summed E-state index contributed by atoms with van der Waals surface area (Å²) in [5.74, 6) is 1.35. The zero-order chi connectivity index (χ0) is 12.4. The highest BCUT2D eigenvalue weighted by Crippen LogP contribution is 2.20. The van der Waals surface area contributed by atoms with Gasteiger partial charge in [0, 0.05) is 31.0 Å². The average Bonchev–Trinajstić information content (AvgIpc) is 2.78. The van der Waals surface area contributed by atoms with Gasteiger partial charge < -0.3 is 9.80 Å². The van der Waals surface area contributed by atoms with Gasteiger partial charge in [0.1, 0.15) is 0 Å². The highest BCUT2D eigenvalue weighted by Gasteiger charge is 2.25. The van der Waals surface area contributed by atoms with Gasteiger partial charge in [-0.1, -0.05) is 13.8 Å². The van der Waals surface area contributed by atoms with Crippen molar-refractivity contribution in [3.8, 4) is 0 Å². The first kappa shape index (κ1) is 12.3. The third-order valence-corrected chi connectivity index (χ3v) is 3.43. The fourth-order valence-corrected chi connectivity index (χ4v) is 2.18. The van der Waals surface area contributed by atoms with Crippen molar-refractivity contribution in [1.82, 2.24) is 14.9 Å². The summed E-state index contributed by atoms with van der Waals surface area (Å²) >= 11 is 0. The topological polar surface area (TPSA) is 32.3 Å². The van der Waals surface area contributed by atoms with Crippen LogP contribution in [0.25, 0.3) is 0 Å². The minimum atomic E-state index is 0.462. The minimum absolute atomic E-state index is 0.462. The molecule has 1 aromatic rings. The summed E-state index contributed by atoms with van der Waals surface area (Å²) in [6, 6.07) is 2.63. The predicted octanol–water partition coefficient (Wildman–Crippen LogP) is 1.74. The van der Waals surface area contributed by atoms with Crippen LogP contribution >= 0.6 is 0 Å². The molecule has 0 N–H and O–H groups in total. The molecular formula is C13H22N4. The summed E-state index contributed by atoms with van der Waals surface area (Å²) in [5, 5.41) is 0. The Morgan fingerprint density at radius 3 is 2.76 bits per heavy atom. The van der Waals surface area contributed by atoms with Gasteiger partial charge in [0.05, 0.1) is 0 Å². The van der Waals surface area contributed by atoms with E-state index < -0.39 is 0 Å². The van der Waals surface area contributed by atoms with Crippen molar-refractivity contribution in [2.24, 2.45) is 0 Å². The van der Waals surface area contributed by atoms with Crippen LogP contribution in [0.15, 0.2) is 12.3 Å². The highest BCUT2D eigenvalue weighted by molar-refractivity contribution is 5.33. The molecule has 4 nitrogen and oxygen atoms in total. The fraction of sp³-hybridized carbons (Fsp3) is 0.692. The normalized spacial score (nSPS) is 20.6. The zero-order valence-corrected chi connectivity index (χ0v) is 11.2. The Bertz CT molecular complexity index is 375. The summed E-state index contributed by atoms with van der Waals surface area (Å²) in [4.78, 5) is 13.6. The lowest BCUT2D eigenvalue weighted by molar-refractivity contribution is 0.315. The molecule has 0 radical (unpaired) electrons. The number of hydrogen-bond donors (Lipinski definition) is 0. The quantitative estimate of drug-likeness (QED) is 0.797. The van der Waals surface area contributed by atoms with E-state index in [1.165, 1.54) is 6.42 Å². The van der Waals surface area contributed by atoms with Gasteiger partial charge in [-0.05, 0) is 32.5 Å². The van der Waals surface area contributed by atoms with Crippen LogP contribution in [-0.4, -0.2) is 48.1 Å². The van der Waals surface area contributed by atoms with Crippen LogP contribution < -0.4 is 4.90 Å². The van der Waals surface area contributed by atoms with Crippen LogP contribution in [0.5, 0.6) is 0 Å². The summed E-state index contributed by atoms with van der Waals surface area (Å²) < 4.78 is 0. The molecule has 17 heavy (non-hydrogen) atoms. The molecule has 4 heteroatoms. The highest BCUT2D eigenvalue weighted by atomic mass is 15.3. The molecular weight excluding hydrogens is 212 g/mol. The molecule has 2 rings (SSSR count). The molecule has 0 aromatic carbocycles. The standard InChI is InChI=1S/C13H22N4/c1-10(2)12-5-7-14-13(15-12)17-8-6-11(9-17)16(3)4/h5,7,10-11H,6,8-9H2,1-4H3/t11-/m1/s1. The molecule has 1 atom stereocenters. The average molecular weight is 234 g/mol. The molecule has 1 fully saturated rings. The van der Waals surface area contributed by atoms with Gasteiger partial charge in [0.15, 0.2) is 0 Å². The van der Waals surface area contributed by atoms with Gasteiger partial charge in [-0.15, -0.1) is 0 Å². The van der Waals surface area contributed by atoms with Crippen molar-refractivity contribution < 1.29 is 0 Å². The van der Waals surface area contributed by atoms with E-state index in [4.69, 9.17) is 0 Å². The summed E-state index contributed by atoms with van der Waals surface area (Å²) in [6.45, 7) is 6.43. The number of hydrogen-bond acceptors (Lipinski definition) is 4. The molecule has 0 saturated carbocycles. The molecule has 0 spiro atoms. The van der Waals surface area contributed by atoms with E-state index in [0.29, 0.717) is 12.0 Å². The first-order valence-corrected chi connectivity index (χ1v) is 6.32. The van der Waals surface area contributed by atoms with Crippen molar-refractivity contribution >= 4 is 5.95 Å². The molecule has 2 heterocycles. The summed E-state index contributed by atoms with van der Waals surface area (Å²) in [6.07, 6.45) is 3.07. The van der Waals surface area contributed by atoms with E-state index >= 15 is 0 Å². The molecule has 0 aliphatic carbocycles. The van der Waals surface area contributed by atoms with Crippen LogP contribution in [0.4, 0.5) is 5.95 Å². The van der Waals surface area contributed by atoms with Gasteiger partial charge in [-0.2, -0.15) is 0 Å². The molecule has 0 unspecified atom stereocenters. The van der Waals surface area contributed by atoms with E-state index in [-0.39, 0.29) is 0 Å². The Hall–Kier alpha value is -1.16. The lowest BCUT2D eigenvalue weighted by Crippen LogP contribution is -2.32. The Morgan fingerprint density at radius 2 is 2.18 bits per heavy atom. The maximum absolute atomic E-state index is 4.64. The van der Waals surface area contributed by atoms with E-state index in [1.54, 1.807) is 0 Å². The second-order valence-corrected chi connectivity index (χ2v) is 5.29. The van der Waals surface area contributed by atoms with Crippen molar-refractivity contribution in [2.45, 2.75) is 32.2 Å². The van der Waals surface area contributed by atoms with Gasteiger partial charge in [-0.3, -0.25) is 0 Å². The smallest absolute Gasteiger partial charge is 0.225 e. The maximum Gasteiger partial charge on any atom is 0.225 e. The third-order valence-electron chi connectivity index (χ3n) is 3.43. The number of rotatable bonds is 3. The molecule has 1 saturated heterocycles. The van der Waals surface area contributed by atoms with E-state index in [9.17, 15) is 0 Å². The fourth-order valence-electron chi connectivity index (χ4n) is 2.18. The third kappa shape index (κ3) is 2.75. The van der Waals surface area contributed by atoms with Crippen molar-refractivity contribution in [3.63, 3.8) is 0 Å². The van der Waals surface area contributed by atoms with Crippen molar-refractivity contribution in [1.29, 1.82) is 0 Å². The summed E-state index contributed by atoms with van der Waals surface area (Å²) in [5.41, 5.74) is 1.13. The number of aromatic nitrogens is 2.